The van der Waals surface area contributed by atoms with Gasteiger partial charge in [-0.25, -0.2) is 18.1 Å². The Hall–Kier alpha value is -1.52. The summed E-state index contributed by atoms with van der Waals surface area (Å²) in [5.41, 5.74) is -0.352. The topological polar surface area (TPSA) is 106 Å². The second kappa shape index (κ2) is 6.41. The highest BCUT2D eigenvalue weighted by molar-refractivity contribution is 7.88. The maximum Gasteiger partial charge on any atom is 0.293 e. The van der Waals surface area contributed by atoms with Gasteiger partial charge in [-0.2, -0.15) is 0 Å². The van der Waals surface area contributed by atoms with Crippen molar-refractivity contribution in [3.8, 4) is 0 Å². The zero-order chi connectivity index (χ0) is 17.4. The van der Waals surface area contributed by atoms with Crippen LogP contribution in [0.4, 0.5) is 0 Å². The molecule has 0 bridgehead atoms. The maximum absolute atomic E-state index is 12.4. The van der Waals surface area contributed by atoms with Crippen molar-refractivity contribution >= 4 is 15.9 Å². The molecule has 1 aromatic rings. The molecule has 3 rings (SSSR count). The first-order valence-corrected chi connectivity index (χ1v) is 9.92. The maximum atomic E-state index is 12.4. The van der Waals surface area contributed by atoms with E-state index in [9.17, 15) is 13.2 Å². The quantitative estimate of drug-likeness (QED) is 0.783. The molecule has 24 heavy (non-hydrogen) atoms. The Balaban J connectivity index is 1.60. The molecule has 0 saturated carbocycles. The average Bonchev–Trinajstić information content (AvgIpc) is 2.92. The van der Waals surface area contributed by atoms with Crippen LogP contribution in [0.1, 0.15) is 36.3 Å². The third kappa shape index (κ3) is 3.93. The lowest BCUT2D eigenvalue weighted by Gasteiger charge is -2.46. The van der Waals surface area contributed by atoms with Gasteiger partial charge in [-0.3, -0.25) is 9.48 Å². The van der Waals surface area contributed by atoms with Gasteiger partial charge in [0.1, 0.15) is 6.33 Å². The molecule has 3 heterocycles. The van der Waals surface area contributed by atoms with Crippen molar-refractivity contribution < 1.29 is 17.9 Å². The first-order chi connectivity index (χ1) is 11.3. The van der Waals surface area contributed by atoms with Crippen LogP contribution >= 0.6 is 0 Å². The van der Waals surface area contributed by atoms with Gasteiger partial charge in [0, 0.05) is 32.8 Å². The van der Waals surface area contributed by atoms with Crippen molar-refractivity contribution in [1.82, 2.24) is 24.4 Å². The van der Waals surface area contributed by atoms with Gasteiger partial charge in [0.25, 0.3) is 5.91 Å². The summed E-state index contributed by atoms with van der Waals surface area (Å²) >= 11 is 0. The predicted octanol–water partition coefficient (Wildman–Crippen LogP) is -0.482. The molecule has 1 spiro atoms. The Morgan fingerprint density at radius 1 is 1.42 bits per heavy atom. The molecule has 1 amide bonds. The summed E-state index contributed by atoms with van der Waals surface area (Å²) in [7, 11) is -1.50. The number of sulfonamides is 1. The summed E-state index contributed by atoms with van der Waals surface area (Å²) in [6.07, 6.45) is 5.38. The zero-order valence-electron chi connectivity index (χ0n) is 13.9. The molecule has 1 unspecified atom stereocenters. The minimum Gasteiger partial charge on any atom is -0.375 e. The summed E-state index contributed by atoms with van der Waals surface area (Å²) in [5.74, 6) is 0.0294. The molecule has 2 saturated heterocycles. The van der Waals surface area contributed by atoms with Gasteiger partial charge in [0.15, 0.2) is 0 Å². The number of amides is 1. The summed E-state index contributed by atoms with van der Waals surface area (Å²) in [6, 6.07) is -0.103. The lowest BCUT2D eigenvalue weighted by Crippen LogP contribution is -2.54. The van der Waals surface area contributed by atoms with E-state index >= 15 is 0 Å². The molecule has 2 aliphatic rings. The van der Waals surface area contributed by atoms with Gasteiger partial charge in [-0.1, -0.05) is 0 Å². The average molecular weight is 357 g/mol. The number of nitrogens with one attached hydrogen (secondary N) is 1. The number of likely N-dealkylation sites (tertiary alicyclic amines) is 1. The number of carbonyl (C=O) groups excluding carboxylic acids is 1. The van der Waals surface area contributed by atoms with Gasteiger partial charge in [-0.05, 0) is 25.7 Å². The van der Waals surface area contributed by atoms with Crippen LogP contribution in [-0.2, 0) is 21.8 Å². The molecular formula is C14H23N5O4S. The first-order valence-electron chi connectivity index (χ1n) is 8.03. The summed E-state index contributed by atoms with van der Waals surface area (Å²) in [6.45, 7) is 1.65. The van der Waals surface area contributed by atoms with Crippen LogP contribution in [-0.4, -0.2) is 71.6 Å². The van der Waals surface area contributed by atoms with Crippen LogP contribution in [0.3, 0.4) is 0 Å². The number of rotatable bonds is 3. The van der Waals surface area contributed by atoms with E-state index in [4.69, 9.17) is 4.74 Å². The van der Waals surface area contributed by atoms with Gasteiger partial charge < -0.3 is 9.64 Å². The number of ether oxygens (including phenoxy) is 1. The van der Waals surface area contributed by atoms with Gasteiger partial charge in [0.05, 0.1) is 11.9 Å². The second-order valence-electron chi connectivity index (χ2n) is 6.65. The monoisotopic (exact) mass is 357 g/mol. The summed E-state index contributed by atoms with van der Waals surface area (Å²) < 4.78 is 33.1. The molecule has 134 valence electrons. The van der Waals surface area contributed by atoms with Crippen LogP contribution in [0.2, 0.25) is 0 Å². The van der Waals surface area contributed by atoms with Crippen molar-refractivity contribution in [3.05, 3.63) is 12.2 Å². The highest BCUT2D eigenvalue weighted by Crippen LogP contribution is 2.35. The third-order valence-corrected chi connectivity index (χ3v) is 5.39. The number of aryl methyl sites for hydroxylation is 1. The minimum atomic E-state index is -3.23. The molecule has 1 atom stereocenters. The van der Waals surface area contributed by atoms with Crippen molar-refractivity contribution in [3.63, 3.8) is 0 Å². The first kappa shape index (κ1) is 17.3. The minimum absolute atomic E-state index is 0.103. The van der Waals surface area contributed by atoms with Gasteiger partial charge in [0.2, 0.25) is 15.8 Å². The fraction of sp³-hybridized carbons (Fsp3) is 0.786. The molecule has 10 heteroatoms. The lowest BCUT2D eigenvalue weighted by atomic mass is 9.82. The normalized spacial score (nSPS) is 24.2. The zero-order valence-corrected chi connectivity index (χ0v) is 14.8. The van der Waals surface area contributed by atoms with E-state index in [1.54, 1.807) is 11.9 Å². The van der Waals surface area contributed by atoms with E-state index in [0.29, 0.717) is 45.4 Å². The van der Waals surface area contributed by atoms with E-state index in [2.05, 4.69) is 14.8 Å². The molecule has 0 aromatic carbocycles. The Labute approximate surface area is 141 Å². The van der Waals surface area contributed by atoms with E-state index in [0.717, 1.165) is 0 Å². The van der Waals surface area contributed by atoms with E-state index in [1.165, 1.54) is 17.3 Å². The number of hydrogen-bond acceptors (Lipinski definition) is 6. The van der Waals surface area contributed by atoms with Crippen LogP contribution in [0.5, 0.6) is 0 Å². The molecule has 0 radical (unpaired) electrons. The van der Waals surface area contributed by atoms with Gasteiger partial charge in [-0.15, -0.1) is 5.10 Å². The SMILES string of the molecule is Cn1cnc(C(=O)N2CCC3(CC2)CC(NS(C)(=O)=O)CCO3)n1. The molecule has 9 nitrogen and oxygen atoms in total. The Kier molecular flexibility index (Phi) is 4.63. The van der Waals surface area contributed by atoms with E-state index < -0.39 is 10.0 Å². The molecular weight excluding hydrogens is 334 g/mol. The fourth-order valence-corrected chi connectivity index (χ4v) is 4.28. The van der Waals surface area contributed by atoms with Crippen molar-refractivity contribution in [2.75, 3.05) is 26.0 Å². The fourth-order valence-electron chi connectivity index (χ4n) is 3.48. The molecule has 1 N–H and O–H groups in total. The van der Waals surface area contributed by atoms with Crippen molar-refractivity contribution in [2.45, 2.75) is 37.3 Å². The number of nitrogens with zero attached hydrogens (tertiary/aromatic N) is 4. The third-order valence-electron chi connectivity index (χ3n) is 4.63. The van der Waals surface area contributed by atoms with Crippen molar-refractivity contribution in [1.29, 1.82) is 0 Å². The van der Waals surface area contributed by atoms with Crippen LogP contribution in [0.25, 0.3) is 0 Å². The highest BCUT2D eigenvalue weighted by Gasteiger charge is 2.42. The Bertz CT molecular complexity index is 709. The lowest BCUT2D eigenvalue weighted by molar-refractivity contribution is -0.113. The molecule has 1 aromatic heterocycles. The Morgan fingerprint density at radius 2 is 2.12 bits per heavy atom. The smallest absolute Gasteiger partial charge is 0.293 e. The largest absolute Gasteiger partial charge is 0.375 e. The Morgan fingerprint density at radius 3 is 2.71 bits per heavy atom. The molecule has 0 aliphatic carbocycles. The number of aromatic nitrogens is 3. The summed E-state index contributed by atoms with van der Waals surface area (Å²) in [5, 5.41) is 4.05. The second-order valence-corrected chi connectivity index (χ2v) is 8.43. The van der Waals surface area contributed by atoms with E-state index in [-0.39, 0.29) is 23.4 Å². The van der Waals surface area contributed by atoms with E-state index in [1.807, 2.05) is 0 Å². The van der Waals surface area contributed by atoms with Crippen LogP contribution < -0.4 is 4.72 Å². The molecule has 2 aliphatic heterocycles. The summed E-state index contributed by atoms with van der Waals surface area (Å²) in [4.78, 5) is 18.1. The predicted molar refractivity (Wildman–Crippen MR) is 85.8 cm³/mol. The standard InChI is InChI=1S/C14H23N5O4S/c1-18-10-15-12(16-18)13(20)19-6-4-14(5-7-19)9-11(3-8-23-14)17-24(2,21)22/h10-11,17H,3-9H2,1-2H3. The molecule has 2 fully saturated rings. The van der Waals surface area contributed by atoms with Crippen molar-refractivity contribution in [2.24, 2.45) is 7.05 Å². The number of carbonyl (C=O) groups is 1. The highest BCUT2D eigenvalue weighted by atomic mass is 32.2. The number of hydrogen-bond donors (Lipinski definition) is 1. The number of piperidine rings is 1. The van der Waals surface area contributed by atoms with Crippen LogP contribution in [0.15, 0.2) is 6.33 Å². The van der Waals surface area contributed by atoms with Crippen LogP contribution in [0, 0.1) is 0 Å². The van der Waals surface area contributed by atoms with Gasteiger partial charge >= 0.3 is 0 Å².